The highest BCUT2D eigenvalue weighted by Gasteiger charge is 2.40. The van der Waals surface area contributed by atoms with E-state index in [2.05, 4.69) is 0 Å². The highest BCUT2D eigenvalue weighted by Crippen LogP contribution is 2.41. The van der Waals surface area contributed by atoms with Crippen LogP contribution in [0.4, 0.5) is 0 Å². The minimum atomic E-state index is 0.142. The number of ether oxygens (including phenoxy) is 1. The molecule has 2 fully saturated rings. The summed E-state index contributed by atoms with van der Waals surface area (Å²) in [5.74, 6) is 0. The average molecular weight is 170 g/mol. The second kappa shape index (κ2) is 3.35. The predicted molar refractivity (Wildman–Crippen MR) is 47.0 cm³/mol. The Morgan fingerprint density at radius 3 is 2.50 bits per heavy atom. The van der Waals surface area contributed by atoms with Gasteiger partial charge < -0.3 is 9.84 Å². The Bertz CT molecular complexity index is 150. The fourth-order valence-corrected chi connectivity index (χ4v) is 2.59. The summed E-state index contributed by atoms with van der Waals surface area (Å²) in [6.07, 6.45) is 8.84. The van der Waals surface area contributed by atoms with Gasteiger partial charge in [0.05, 0.1) is 18.3 Å². The van der Waals surface area contributed by atoms with E-state index >= 15 is 0 Å². The largest absolute Gasteiger partial charge is 0.394 e. The molecule has 70 valence electrons. The first kappa shape index (κ1) is 8.52. The fourth-order valence-electron chi connectivity index (χ4n) is 2.59. The second-order valence-electron chi connectivity index (χ2n) is 4.20. The Morgan fingerprint density at radius 2 is 1.92 bits per heavy atom. The molecule has 1 aliphatic heterocycles. The summed E-state index contributed by atoms with van der Waals surface area (Å²) < 4.78 is 5.89. The average Bonchev–Trinajstić information content (AvgIpc) is 2.50. The van der Waals surface area contributed by atoms with Gasteiger partial charge in [0.15, 0.2) is 0 Å². The Kier molecular flexibility index (Phi) is 2.37. The van der Waals surface area contributed by atoms with Crippen LogP contribution in [0, 0.1) is 0 Å². The molecule has 1 saturated heterocycles. The van der Waals surface area contributed by atoms with Crippen molar-refractivity contribution in [2.75, 3.05) is 6.61 Å². The van der Waals surface area contributed by atoms with Gasteiger partial charge >= 0.3 is 0 Å². The van der Waals surface area contributed by atoms with E-state index in [4.69, 9.17) is 9.84 Å². The fraction of sp³-hybridized carbons (Fsp3) is 1.00. The quantitative estimate of drug-likeness (QED) is 0.651. The minimum Gasteiger partial charge on any atom is -0.394 e. The monoisotopic (exact) mass is 170 g/mol. The molecule has 1 atom stereocenters. The molecule has 2 heteroatoms. The van der Waals surface area contributed by atoms with Crippen LogP contribution in [-0.2, 0) is 4.74 Å². The third-order valence-electron chi connectivity index (χ3n) is 3.31. The summed E-state index contributed by atoms with van der Waals surface area (Å²) in [5.41, 5.74) is 0.186. The van der Waals surface area contributed by atoms with Crippen LogP contribution in [0.5, 0.6) is 0 Å². The normalized spacial score (nSPS) is 34.2. The van der Waals surface area contributed by atoms with Gasteiger partial charge in [0.25, 0.3) is 0 Å². The first-order chi connectivity index (χ1) is 5.85. The van der Waals surface area contributed by atoms with E-state index in [0.717, 1.165) is 6.42 Å². The highest BCUT2D eigenvalue weighted by atomic mass is 16.5. The highest BCUT2D eigenvalue weighted by molar-refractivity contribution is 4.90. The standard InChI is InChI=1S/C10H18O2/c11-8-9-4-7-10(12-9)5-2-1-3-6-10/h9,11H,1-8H2. The van der Waals surface area contributed by atoms with Gasteiger partial charge in [-0.15, -0.1) is 0 Å². The molecule has 1 saturated carbocycles. The molecular weight excluding hydrogens is 152 g/mol. The Morgan fingerprint density at radius 1 is 1.17 bits per heavy atom. The van der Waals surface area contributed by atoms with Crippen molar-refractivity contribution in [3.63, 3.8) is 0 Å². The van der Waals surface area contributed by atoms with E-state index in [9.17, 15) is 0 Å². The lowest BCUT2D eigenvalue weighted by Crippen LogP contribution is -2.32. The van der Waals surface area contributed by atoms with Gasteiger partial charge in [-0.1, -0.05) is 19.3 Å². The van der Waals surface area contributed by atoms with Crippen molar-refractivity contribution in [2.24, 2.45) is 0 Å². The maximum absolute atomic E-state index is 8.96. The van der Waals surface area contributed by atoms with Gasteiger partial charge in [0.1, 0.15) is 0 Å². The van der Waals surface area contributed by atoms with Crippen LogP contribution in [0.2, 0.25) is 0 Å². The summed E-state index contributed by atoms with van der Waals surface area (Å²) in [7, 11) is 0. The van der Waals surface area contributed by atoms with Crippen LogP contribution in [0.25, 0.3) is 0 Å². The zero-order valence-corrected chi connectivity index (χ0v) is 7.59. The second-order valence-corrected chi connectivity index (χ2v) is 4.20. The van der Waals surface area contributed by atoms with Crippen molar-refractivity contribution in [2.45, 2.75) is 56.7 Å². The Labute approximate surface area is 73.9 Å². The maximum atomic E-state index is 8.96. The van der Waals surface area contributed by atoms with Crippen molar-refractivity contribution < 1.29 is 9.84 Å². The lowest BCUT2D eigenvalue weighted by atomic mass is 9.83. The first-order valence-electron chi connectivity index (χ1n) is 5.13. The lowest BCUT2D eigenvalue weighted by Gasteiger charge is -2.33. The zero-order chi connectivity index (χ0) is 8.44. The Hall–Kier alpha value is -0.0800. The molecule has 1 unspecified atom stereocenters. The van der Waals surface area contributed by atoms with E-state index < -0.39 is 0 Å². The molecule has 0 amide bonds. The molecule has 1 spiro atoms. The number of aliphatic hydroxyl groups excluding tert-OH is 1. The smallest absolute Gasteiger partial charge is 0.0814 e. The van der Waals surface area contributed by atoms with Crippen LogP contribution >= 0.6 is 0 Å². The zero-order valence-electron chi connectivity index (χ0n) is 7.59. The van der Waals surface area contributed by atoms with Gasteiger partial charge in [-0.3, -0.25) is 0 Å². The van der Waals surface area contributed by atoms with Gasteiger partial charge in [-0.25, -0.2) is 0 Å². The number of rotatable bonds is 1. The van der Waals surface area contributed by atoms with E-state index in [-0.39, 0.29) is 18.3 Å². The number of hydrogen-bond donors (Lipinski definition) is 1. The van der Waals surface area contributed by atoms with Crippen LogP contribution in [0.1, 0.15) is 44.9 Å². The Balaban J connectivity index is 1.94. The van der Waals surface area contributed by atoms with Gasteiger partial charge in [-0.05, 0) is 25.7 Å². The molecule has 12 heavy (non-hydrogen) atoms. The van der Waals surface area contributed by atoms with E-state index in [1.807, 2.05) is 0 Å². The molecule has 0 bridgehead atoms. The van der Waals surface area contributed by atoms with Gasteiger partial charge in [-0.2, -0.15) is 0 Å². The topological polar surface area (TPSA) is 29.5 Å². The van der Waals surface area contributed by atoms with E-state index in [0.29, 0.717) is 0 Å². The predicted octanol–water partition coefficient (Wildman–Crippen LogP) is 1.86. The van der Waals surface area contributed by atoms with Crippen LogP contribution in [0.15, 0.2) is 0 Å². The summed E-state index contributed by atoms with van der Waals surface area (Å²) in [6, 6.07) is 0. The van der Waals surface area contributed by atoms with Gasteiger partial charge in [0.2, 0.25) is 0 Å². The number of aliphatic hydroxyl groups is 1. The van der Waals surface area contributed by atoms with E-state index in [1.165, 1.54) is 38.5 Å². The van der Waals surface area contributed by atoms with Crippen molar-refractivity contribution in [1.29, 1.82) is 0 Å². The molecule has 2 nitrogen and oxygen atoms in total. The van der Waals surface area contributed by atoms with Crippen LogP contribution < -0.4 is 0 Å². The summed E-state index contributed by atoms with van der Waals surface area (Å²) >= 11 is 0. The molecule has 1 aliphatic carbocycles. The van der Waals surface area contributed by atoms with Crippen molar-refractivity contribution >= 4 is 0 Å². The summed E-state index contributed by atoms with van der Waals surface area (Å²) in [4.78, 5) is 0. The van der Waals surface area contributed by atoms with Crippen molar-refractivity contribution in [3.05, 3.63) is 0 Å². The van der Waals surface area contributed by atoms with E-state index in [1.54, 1.807) is 0 Å². The third-order valence-corrected chi connectivity index (χ3v) is 3.31. The van der Waals surface area contributed by atoms with Crippen LogP contribution in [0.3, 0.4) is 0 Å². The van der Waals surface area contributed by atoms with Crippen LogP contribution in [-0.4, -0.2) is 23.4 Å². The number of hydrogen-bond acceptors (Lipinski definition) is 2. The lowest BCUT2D eigenvalue weighted by molar-refractivity contribution is -0.0778. The summed E-state index contributed by atoms with van der Waals surface area (Å²) in [5, 5.41) is 8.96. The summed E-state index contributed by atoms with van der Waals surface area (Å²) in [6.45, 7) is 0.210. The van der Waals surface area contributed by atoms with Crippen molar-refractivity contribution in [1.82, 2.24) is 0 Å². The third kappa shape index (κ3) is 1.50. The molecule has 2 aliphatic rings. The van der Waals surface area contributed by atoms with Gasteiger partial charge in [0, 0.05) is 0 Å². The first-order valence-corrected chi connectivity index (χ1v) is 5.13. The molecule has 1 N–H and O–H groups in total. The molecular formula is C10H18O2. The molecule has 2 rings (SSSR count). The SMILES string of the molecule is OCC1CCC2(CCCCC2)O1. The molecule has 0 aromatic carbocycles. The minimum absolute atomic E-state index is 0.142. The molecule has 0 aromatic heterocycles. The maximum Gasteiger partial charge on any atom is 0.0814 e. The van der Waals surface area contributed by atoms with Crippen molar-refractivity contribution in [3.8, 4) is 0 Å². The molecule has 0 aromatic rings. The molecule has 1 heterocycles. The molecule has 0 radical (unpaired) electrons.